The molecule has 6 heteroatoms. The summed E-state index contributed by atoms with van der Waals surface area (Å²) in [5, 5.41) is 10.0. The van der Waals surface area contributed by atoms with Gasteiger partial charge in [-0.15, -0.1) is 0 Å². The quantitative estimate of drug-likeness (QED) is 0.912. The molecule has 2 rings (SSSR count). The van der Waals surface area contributed by atoms with E-state index in [0.29, 0.717) is 4.47 Å². The van der Waals surface area contributed by atoms with Gasteiger partial charge in [-0.25, -0.2) is 9.37 Å². The van der Waals surface area contributed by atoms with Gasteiger partial charge in [0.25, 0.3) is 0 Å². The van der Waals surface area contributed by atoms with E-state index in [9.17, 15) is 4.39 Å². The highest BCUT2D eigenvalue weighted by Gasteiger charge is 2.14. The number of aromatic amines is 1. The lowest BCUT2D eigenvalue weighted by Gasteiger charge is -2.19. The average molecular weight is 313 g/mol. The summed E-state index contributed by atoms with van der Waals surface area (Å²) in [4.78, 5) is 4.10. The fraction of sp³-hybridized carbons (Fsp3) is 0.333. The topological polar surface area (TPSA) is 53.6 Å². The first-order valence-corrected chi connectivity index (χ1v) is 6.43. The number of benzene rings is 1. The maximum atomic E-state index is 13.2. The monoisotopic (exact) mass is 312 g/mol. The molecule has 0 aliphatic carbocycles. The molecule has 0 spiro atoms. The second kappa shape index (κ2) is 5.58. The molecule has 0 saturated heterocycles. The van der Waals surface area contributed by atoms with Crippen LogP contribution in [0.2, 0.25) is 0 Å². The van der Waals surface area contributed by atoms with Crippen molar-refractivity contribution in [2.45, 2.75) is 25.9 Å². The predicted octanol–water partition coefficient (Wildman–Crippen LogP) is 3.12. The van der Waals surface area contributed by atoms with Crippen molar-refractivity contribution in [1.82, 2.24) is 20.5 Å². The summed E-state index contributed by atoms with van der Waals surface area (Å²) in [6.07, 6.45) is 1.48. The van der Waals surface area contributed by atoms with Crippen LogP contribution in [-0.2, 0) is 0 Å². The molecule has 0 aliphatic heterocycles. The predicted molar refractivity (Wildman–Crippen MR) is 70.4 cm³/mol. The highest BCUT2D eigenvalue weighted by atomic mass is 79.9. The number of hydrogen-bond donors (Lipinski definition) is 2. The fourth-order valence-corrected chi connectivity index (χ4v) is 2.15. The Balaban J connectivity index is 2.07. The van der Waals surface area contributed by atoms with Gasteiger partial charge in [-0.05, 0) is 47.5 Å². The van der Waals surface area contributed by atoms with E-state index in [4.69, 9.17) is 0 Å². The number of nitrogens with zero attached hydrogens (tertiary/aromatic N) is 2. The molecule has 4 nitrogen and oxygen atoms in total. The van der Waals surface area contributed by atoms with Crippen molar-refractivity contribution in [3.8, 4) is 0 Å². The van der Waals surface area contributed by atoms with E-state index >= 15 is 0 Å². The van der Waals surface area contributed by atoms with Gasteiger partial charge >= 0.3 is 0 Å². The van der Waals surface area contributed by atoms with Crippen molar-refractivity contribution in [3.05, 3.63) is 46.2 Å². The van der Waals surface area contributed by atoms with Crippen LogP contribution < -0.4 is 5.32 Å². The summed E-state index contributed by atoms with van der Waals surface area (Å²) in [5.74, 6) is 0.525. The average Bonchev–Trinajstić information content (AvgIpc) is 2.86. The standard InChI is InChI=1S/C12H14BrFN4/c1-7(9-3-4-11(14)10(13)5-9)17-8(2)12-15-6-16-18-12/h3-8,17H,1-2H3,(H,15,16,18). The zero-order chi connectivity index (χ0) is 13.1. The zero-order valence-electron chi connectivity index (χ0n) is 10.1. The Morgan fingerprint density at radius 1 is 1.33 bits per heavy atom. The molecule has 0 bridgehead atoms. The zero-order valence-corrected chi connectivity index (χ0v) is 11.7. The summed E-state index contributed by atoms with van der Waals surface area (Å²) in [7, 11) is 0. The number of aromatic nitrogens is 3. The molecule has 0 radical (unpaired) electrons. The van der Waals surface area contributed by atoms with Crippen LogP contribution in [0.3, 0.4) is 0 Å². The van der Waals surface area contributed by atoms with E-state index in [1.54, 1.807) is 12.1 Å². The number of H-pyrrole nitrogens is 1. The Labute approximate surface area is 113 Å². The van der Waals surface area contributed by atoms with Gasteiger partial charge in [0.15, 0.2) is 0 Å². The Bertz CT molecular complexity index is 515. The Kier molecular flexibility index (Phi) is 4.08. The van der Waals surface area contributed by atoms with Crippen LogP contribution in [0.5, 0.6) is 0 Å². The van der Waals surface area contributed by atoms with Gasteiger partial charge in [0.05, 0.1) is 10.5 Å². The molecule has 0 aliphatic rings. The molecular weight excluding hydrogens is 299 g/mol. The molecule has 1 aromatic heterocycles. The van der Waals surface area contributed by atoms with Gasteiger partial charge in [0.1, 0.15) is 18.0 Å². The van der Waals surface area contributed by atoms with Crippen LogP contribution >= 0.6 is 15.9 Å². The van der Waals surface area contributed by atoms with Crippen LogP contribution in [0, 0.1) is 5.82 Å². The van der Waals surface area contributed by atoms with E-state index in [-0.39, 0.29) is 17.9 Å². The van der Waals surface area contributed by atoms with Crippen LogP contribution in [0.25, 0.3) is 0 Å². The van der Waals surface area contributed by atoms with E-state index < -0.39 is 0 Å². The van der Waals surface area contributed by atoms with Gasteiger partial charge in [0, 0.05) is 6.04 Å². The molecule has 2 atom stereocenters. The van der Waals surface area contributed by atoms with Crippen molar-refractivity contribution >= 4 is 15.9 Å². The third-order valence-corrected chi connectivity index (χ3v) is 3.40. The highest BCUT2D eigenvalue weighted by Crippen LogP contribution is 2.22. The second-order valence-electron chi connectivity index (χ2n) is 4.15. The van der Waals surface area contributed by atoms with Crippen molar-refractivity contribution in [3.63, 3.8) is 0 Å². The lowest BCUT2D eigenvalue weighted by atomic mass is 10.1. The number of hydrogen-bond acceptors (Lipinski definition) is 3. The van der Waals surface area contributed by atoms with Crippen LogP contribution in [0.1, 0.15) is 37.3 Å². The van der Waals surface area contributed by atoms with Crippen LogP contribution in [0.15, 0.2) is 29.0 Å². The summed E-state index contributed by atoms with van der Waals surface area (Å²) in [5.41, 5.74) is 1.01. The molecule has 1 aromatic carbocycles. The Morgan fingerprint density at radius 2 is 2.11 bits per heavy atom. The van der Waals surface area contributed by atoms with Crippen LogP contribution in [-0.4, -0.2) is 15.2 Å². The lowest BCUT2D eigenvalue weighted by molar-refractivity contribution is 0.477. The first-order valence-electron chi connectivity index (χ1n) is 5.64. The van der Waals surface area contributed by atoms with Gasteiger partial charge in [-0.3, -0.25) is 5.10 Å². The van der Waals surface area contributed by atoms with Gasteiger partial charge in [-0.1, -0.05) is 6.07 Å². The molecule has 0 amide bonds. The SMILES string of the molecule is CC(NC(C)c1ncn[nH]1)c1ccc(F)c(Br)c1. The molecule has 0 saturated carbocycles. The van der Waals surface area contributed by atoms with Crippen molar-refractivity contribution < 1.29 is 4.39 Å². The summed E-state index contributed by atoms with van der Waals surface area (Å²) >= 11 is 3.19. The normalized spacial score (nSPS) is 14.4. The van der Waals surface area contributed by atoms with Gasteiger partial charge in [0.2, 0.25) is 0 Å². The molecule has 0 fully saturated rings. The highest BCUT2D eigenvalue weighted by molar-refractivity contribution is 9.10. The second-order valence-corrected chi connectivity index (χ2v) is 5.01. The fourth-order valence-electron chi connectivity index (χ4n) is 1.76. The van der Waals surface area contributed by atoms with Crippen molar-refractivity contribution in [1.29, 1.82) is 0 Å². The van der Waals surface area contributed by atoms with Gasteiger partial charge in [-0.2, -0.15) is 5.10 Å². The molecule has 18 heavy (non-hydrogen) atoms. The molecule has 96 valence electrons. The number of halogens is 2. The van der Waals surface area contributed by atoms with E-state index in [1.807, 2.05) is 13.8 Å². The lowest BCUT2D eigenvalue weighted by Crippen LogP contribution is -2.23. The molecule has 1 heterocycles. The minimum absolute atomic E-state index is 0.0475. The maximum absolute atomic E-state index is 13.2. The van der Waals surface area contributed by atoms with Gasteiger partial charge < -0.3 is 5.32 Å². The first-order chi connectivity index (χ1) is 8.58. The minimum Gasteiger partial charge on any atom is -0.301 e. The van der Waals surface area contributed by atoms with Crippen LogP contribution in [0.4, 0.5) is 4.39 Å². The molecule has 2 unspecified atom stereocenters. The summed E-state index contributed by atoms with van der Waals surface area (Å²) < 4.78 is 13.6. The van der Waals surface area contributed by atoms with E-state index in [0.717, 1.165) is 11.4 Å². The maximum Gasteiger partial charge on any atom is 0.141 e. The third kappa shape index (κ3) is 2.94. The number of nitrogens with one attached hydrogen (secondary N) is 2. The van der Waals surface area contributed by atoms with E-state index in [2.05, 4.69) is 36.4 Å². The minimum atomic E-state index is -0.255. The molecule has 2 N–H and O–H groups in total. The first kappa shape index (κ1) is 13.2. The van der Waals surface area contributed by atoms with Crippen molar-refractivity contribution in [2.24, 2.45) is 0 Å². The van der Waals surface area contributed by atoms with E-state index in [1.165, 1.54) is 12.4 Å². The number of rotatable bonds is 4. The Morgan fingerprint density at radius 3 is 2.72 bits per heavy atom. The molecule has 2 aromatic rings. The van der Waals surface area contributed by atoms with Crippen molar-refractivity contribution in [2.75, 3.05) is 0 Å². The summed E-state index contributed by atoms with van der Waals surface area (Å²) in [6, 6.07) is 5.13. The smallest absolute Gasteiger partial charge is 0.141 e. The summed E-state index contributed by atoms with van der Waals surface area (Å²) in [6.45, 7) is 4.02. The Hall–Kier alpha value is -1.27. The molecular formula is C12H14BrFN4. The largest absolute Gasteiger partial charge is 0.301 e. The third-order valence-electron chi connectivity index (χ3n) is 2.79.